The van der Waals surface area contributed by atoms with E-state index in [9.17, 15) is 14.7 Å². The van der Waals surface area contributed by atoms with Gasteiger partial charge in [-0.15, -0.1) is 0 Å². The molecule has 0 unspecified atom stereocenters. The highest BCUT2D eigenvalue weighted by Gasteiger charge is 2.37. The number of fused-ring (bicyclic) bond motifs is 1. The molecular weight excluding hydrogens is 590 g/mol. The average molecular weight is 634 g/mol. The molecule has 2 amide bonds. The second-order valence-corrected chi connectivity index (χ2v) is 12.4. The Morgan fingerprint density at radius 2 is 1.57 bits per heavy atom. The predicted molar refractivity (Wildman–Crippen MR) is 183 cm³/mol. The Hall–Kier alpha value is -4.66. The molecule has 2 aliphatic rings. The Bertz CT molecular complexity index is 1610. The standard InChI is InChI=1S/C39H43N3O5/c1-42(39(44)45)37(36(29-13-4-2-5-14-29)30-15-6-3-7-16-30)38(43)41-34-20-9-8-12-28(34)22-23-31-24-40-25-32(47-31)26-46-35-21-11-18-27-17-10-19-33(27)35/h2-9,11-16,18,20-21,31-32,36-37,40H,10,17,19,22-26H2,1H3,(H,41,43)(H,44,45)/t31-,32+,37+/m1/s1. The number of anilines is 1. The largest absolute Gasteiger partial charge is 0.491 e. The Kier molecular flexibility index (Phi) is 10.5. The Morgan fingerprint density at radius 1 is 0.894 bits per heavy atom. The lowest BCUT2D eigenvalue weighted by Gasteiger charge is -2.33. The highest BCUT2D eigenvalue weighted by Crippen LogP contribution is 2.33. The van der Waals surface area contributed by atoms with Crippen LogP contribution in [0, 0.1) is 0 Å². The van der Waals surface area contributed by atoms with Crippen LogP contribution in [0.2, 0.25) is 0 Å². The van der Waals surface area contributed by atoms with Gasteiger partial charge >= 0.3 is 6.09 Å². The van der Waals surface area contributed by atoms with Crippen molar-refractivity contribution in [3.8, 4) is 5.75 Å². The predicted octanol–water partition coefficient (Wildman–Crippen LogP) is 6.29. The number of morpholine rings is 1. The third kappa shape index (κ3) is 7.84. The summed E-state index contributed by atoms with van der Waals surface area (Å²) in [6.07, 6.45) is 3.58. The van der Waals surface area contributed by atoms with Gasteiger partial charge in [-0.25, -0.2) is 4.79 Å². The molecular formula is C39H43N3O5. The van der Waals surface area contributed by atoms with Gasteiger partial charge in [0.15, 0.2) is 0 Å². The molecule has 244 valence electrons. The molecule has 8 heteroatoms. The van der Waals surface area contributed by atoms with Crippen LogP contribution in [0.15, 0.2) is 103 Å². The molecule has 0 saturated carbocycles. The summed E-state index contributed by atoms with van der Waals surface area (Å²) in [4.78, 5) is 27.6. The van der Waals surface area contributed by atoms with Crippen LogP contribution in [0.4, 0.5) is 10.5 Å². The third-order valence-electron chi connectivity index (χ3n) is 9.29. The first-order chi connectivity index (χ1) is 23.0. The van der Waals surface area contributed by atoms with Crippen LogP contribution in [0.5, 0.6) is 5.75 Å². The van der Waals surface area contributed by atoms with Crippen molar-refractivity contribution in [2.24, 2.45) is 0 Å². The highest BCUT2D eigenvalue weighted by molar-refractivity contribution is 5.98. The van der Waals surface area contributed by atoms with Crippen LogP contribution in [-0.2, 0) is 28.8 Å². The normalized spacial score (nSPS) is 17.9. The summed E-state index contributed by atoms with van der Waals surface area (Å²) in [6, 6.07) is 32.2. The van der Waals surface area contributed by atoms with E-state index in [0.717, 1.165) is 59.7 Å². The van der Waals surface area contributed by atoms with Gasteiger partial charge in [0.05, 0.1) is 6.10 Å². The fourth-order valence-electron chi connectivity index (χ4n) is 6.88. The first-order valence-electron chi connectivity index (χ1n) is 16.5. The van der Waals surface area contributed by atoms with Gasteiger partial charge in [0.25, 0.3) is 0 Å². The molecule has 1 heterocycles. The van der Waals surface area contributed by atoms with E-state index < -0.39 is 18.1 Å². The molecule has 4 aromatic carbocycles. The van der Waals surface area contributed by atoms with Gasteiger partial charge in [0, 0.05) is 31.7 Å². The lowest BCUT2D eigenvalue weighted by atomic mass is 9.84. The lowest BCUT2D eigenvalue weighted by molar-refractivity contribution is -0.120. The van der Waals surface area contributed by atoms with Crippen molar-refractivity contribution in [3.05, 3.63) is 131 Å². The first-order valence-corrected chi connectivity index (χ1v) is 16.5. The average Bonchev–Trinajstić information content (AvgIpc) is 3.60. The number of nitrogens with one attached hydrogen (secondary N) is 2. The zero-order valence-electron chi connectivity index (χ0n) is 26.8. The topological polar surface area (TPSA) is 100 Å². The van der Waals surface area contributed by atoms with Crippen LogP contribution >= 0.6 is 0 Å². The second-order valence-electron chi connectivity index (χ2n) is 12.4. The van der Waals surface area contributed by atoms with Crippen molar-refractivity contribution < 1.29 is 24.2 Å². The molecule has 1 aliphatic carbocycles. The SMILES string of the molecule is CN(C(=O)O)[C@H](C(=O)Nc1ccccc1CC[C@@H]1CNC[C@@H](COc2cccc3c2CCC3)O1)C(c1ccccc1)c1ccccc1. The van der Waals surface area contributed by atoms with Crippen LogP contribution in [-0.4, -0.2) is 67.0 Å². The van der Waals surface area contributed by atoms with Gasteiger partial charge < -0.3 is 25.2 Å². The Balaban J connectivity index is 1.13. The second kappa shape index (κ2) is 15.3. The molecule has 1 fully saturated rings. The van der Waals surface area contributed by atoms with Crippen molar-refractivity contribution >= 4 is 17.7 Å². The number of hydrogen-bond acceptors (Lipinski definition) is 5. The number of carbonyl (C=O) groups is 2. The first kappa shape index (κ1) is 32.3. The quantitative estimate of drug-likeness (QED) is 0.170. The van der Waals surface area contributed by atoms with E-state index in [4.69, 9.17) is 9.47 Å². The summed E-state index contributed by atoms with van der Waals surface area (Å²) >= 11 is 0. The van der Waals surface area contributed by atoms with Crippen molar-refractivity contribution in [3.63, 3.8) is 0 Å². The number of para-hydroxylation sites is 1. The third-order valence-corrected chi connectivity index (χ3v) is 9.29. The van der Waals surface area contributed by atoms with Gasteiger partial charge in [-0.1, -0.05) is 91.0 Å². The van der Waals surface area contributed by atoms with E-state index in [1.807, 2.05) is 84.9 Å². The van der Waals surface area contributed by atoms with Crippen LogP contribution < -0.4 is 15.4 Å². The Labute approximate surface area is 276 Å². The molecule has 8 nitrogen and oxygen atoms in total. The van der Waals surface area contributed by atoms with Gasteiger partial charge in [0.1, 0.15) is 24.5 Å². The summed E-state index contributed by atoms with van der Waals surface area (Å²) in [5, 5.41) is 16.7. The van der Waals surface area contributed by atoms with Crippen molar-refractivity contribution in [1.29, 1.82) is 0 Å². The maximum absolute atomic E-state index is 14.1. The van der Waals surface area contributed by atoms with Gasteiger partial charge in [0.2, 0.25) is 5.91 Å². The lowest BCUT2D eigenvalue weighted by Crippen LogP contribution is -2.48. The summed E-state index contributed by atoms with van der Waals surface area (Å²) in [5.74, 6) is 0.0766. The molecule has 4 aromatic rings. The monoisotopic (exact) mass is 633 g/mol. The fraction of sp³-hybridized carbons (Fsp3) is 0.333. The van der Waals surface area contributed by atoms with Crippen LogP contribution in [0.1, 0.15) is 46.6 Å². The zero-order chi connectivity index (χ0) is 32.6. The zero-order valence-corrected chi connectivity index (χ0v) is 26.8. The van der Waals surface area contributed by atoms with Crippen molar-refractivity contribution in [2.75, 3.05) is 32.1 Å². The molecule has 0 aromatic heterocycles. The van der Waals surface area contributed by atoms with E-state index >= 15 is 0 Å². The molecule has 6 rings (SSSR count). The molecule has 1 saturated heterocycles. The maximum atomic E-state index is 14.1. The number of carboxylic acid groups (broad SMARTS) is 1. The number of ether oxygens (including phenoxy) is 2. The number of hydrogen-bond donors (Lipinski definition) is 3. The summed E-state index contributed by atoms with van der Waals surface area (Å²) in [5.41, 5.74) is 6.08. The van der Waals surface area contributed by atoms with Gasteiger partial charge in [-0.3, -0.25) is 9.69 Å². The number of rotatable bonds is 12. The summed E-state index contributed by atoms with van der Waals surface area (Å²) < 4.78 is 12.7. The number of nitrogens with zero attached hydrogens (tertiary/aromatic N) is 1. The number of amides is 2. The van der Waals surface area contributed by atoms with E-state index in [1.165, 1.54) is 24.6 Å². The Morgan fingerprint density at radius 3 is 2.30 bits per heavy atom. The van der Waals surface area contributed by atoms with E-state index in [-0.39, 0.29) is 18.1 Å². The summed E-state index contributed by atoms with van der Waals surface area (Å²) in [6.45, 7) is 1.97. The molecule has 0 spiro atoms. The maximum Gasteiger partial charge on any atom is 0.407 e. The molecule has 0 bridgehead atoms. The fourth-order valence-corrected chi connectivity index (χ4v) is 6.88. The summed E-state index contributed by atoms with van der Waals surface area (Å²) in [7, 11) is 1.45. The minimum atomic E-state index is -1.17. The number of carbonyl (C=O) groups excluding carboxylic acids is 1. The van der Waals surface area contributed by atoms with Gasteiger partial charge in [-0.05, 0) is 72.1 Å². The van der Waals surface area contributed by atoms with Crippen LogP contribution in [0.25, 0.3) is 0 Å². The van der Waals surface area contributed by atoms with E-state index in [0.29, 0.717) is 18.7 Å². The minimum absolute atomic E-state index is 0.00553. The number of aryl methyl sites for hydroxylation is 2. The molecule has 3 atom stereocenters. The minimum Gasteiger partial charge on any atom is -0.491 e. The van der Waals surface area contributed by atoms with Gasteiger partial charge in [-0.2, -0.15) is 0 Å². The smallest absolute Gasteiger partial charge is 0.407 e. The molecule has 3 N–H and O–H groups in total. The number of likely N-dealkylation sites (N-methyl/N-ethyl adjacent to an activating group) is 1. The highest BCUT2D eigenvalue weighted by atomic mass is 16.5. The number of benzene rings is 4. The van der Waals surface area contributed by atoms with Crippen molar-refractivity contribution in [2.45, 2.75) is 56.3 Å². The molecule has 1 aliphatic heterocycles. The molecule has 0 radical (unpaired) electrons. The molecule has 47 heavy (non-hydrogen) atoms. The van der Waals surface area contributed by atoms with E-state index in [1.54, 1.807) is 0 Å². The van der Waals surface area contributed by atoms with Crippen molar-refractivity contribution in [1.82, 2.24) is 10.2 Å². The van der Waals surface area contributed by atoms with E-state index in [2.05, 4.69) is 28.8 Å². The van der Waals surface area contributed by atoms with Crippen LogP contribution in [0.3, 0.4) is 0 Å².